The minimum absolute atomic E-state index is 0.121. The second kappa shape index (κ2) is 5.50. The van der Waals surface area contributed by atoms with E-state index < -0.39 is 10.0 Å². The fraction of sp³-hybridized carbons (Fsp3) is 0.0833. The van der Waals surface area contributed by atoms with Gasteiger partial charge in [0.2, 0.25) is 0 Å². The molecule has 7 heteroatoms. The van der Waals surface area contributed by atoms with E-state index in [0.717, 1.165) is 4.90 Å². The Morgan fingerprint density at radius 3 is 2.74 bits per heavy atom. The van der Waals surface area contributed by atoms with Crippen molar-refractivity contribution in [3.8, 4) is 0 Å². The third-order valence-corrected chi connectivity index (χ3v) is 4.46. The molecule has 0 bridgehead atoms. The number of nitrogens with one attached hydrogen (secondary N) is 1. The summed E-state index contributed by atoms with van der Waals surface area (Å²) in [6.45, 7) is 0. The largest absolute Gasteiger partial charge is 0.396 e. The minimum Gasteiger partial charge on any atom is -0.396 e. The van der Waals surface area contributed by atoms with Crippen LogP contribution in [-0.2, 0) is 10.0 Å². The van der Waals surface area contributed by atoms with Gasteiger partial charge in [-0.3, -0.25) is 4.72 Å². The van der Waals surface area contributed by atoms with E-state index >= 15 is 0 Å². The number of rotatable bonds is 4. The molecule has 0 aliphatic heterocycles. The van der Waals surface area contributed by atoms with Gasteiger partial charge in [0, 0.05) is 16.8 Å². The first-order valence-corrected chi connectivity index (χ1v) is 8.11. The van der Waals surface area contributed by atoms with Crippen molar-refractivity contribution >= 4 is 33.2 Å². The van der Waals surface area contributed by atoms with Gasteiger partial charge in [-0.05, 0) is 36.6 Å². The smallest absolute Gasteiger partial charge is 0.281 e. The molecular formula is C12H13N3O2S2. The first-order chi connectivity index (χ1) is 9.03. The van der Waals surface area contributed by atoms with Gasteiger partial charge in [0.1, 0.15) is 0 Å². The van der Waals surface area contributed by atoms with Crippen molar-refractivity contribution < 1.29 is 8.42 Å². The molecule has 3 N–H and O–H groups in total. The molecule has 0 spiro atoms. The van der Waals surface area contributed by atoms with E-state index in [0.29, 0.717) is 5.69 Å². The van der Waals surface area contributed by atoms with Crippen molar-refractivity contribution in [1.29, 1.82) is 0 Å². The van der Waals surface area contributed by atoms with Crippen molar-refractivity contribution in [2.24, 2.45) is 0 Å². The van der Waals surface area contributed by atoms with Crippen LogP contribution in [0.1, 0.15) is 0 Å². The number of hydrogen-bond acceptors (Lipinski definition) is 5. The molecule has 0 atom stereocenters. The van der Waals surface area contributed by atoms with Crippen molar-refractivity contribution in [3.63, 3.8) is 0 Å². The molecule has 2 aromatic rings. The zero-order valence-corrected chi connectivity index (χ0v) is 11.8. The van der Waals surface area contributed by atoms with Gasteiger partial charge in [-0.2, -0.15) is 8.42 Å². The second-order valence-electron chi connectivity index (χ2n) is 3.74. The van der Waals surface area contributed by atoms with E-state index in [1.165, 1.54) is 24.0 Å². The van der Waals surface area contributed by atoms with Crippen LogP contribution in [-0.4, -0.2) is 19.7 Å². The molecule has 1 aromatic heterocycles. The van der Waals surface area contributed by atoms with Crippen molar-refractivity contribution in [3.05, 3.63) is 42.6 Å². The van der Waals surface area contributed by atoms with Crippen LogP contribution in [0, 0.1) is 0 Å². The molecule has 0 amide bonds. The quantitative estimate of drug-likeness (QED) is 0.845. The number of aromatic nitrogens is 1. The lowest BCUT2D eigenvalue weighted by molar-refractivity contribution is 0.598. The van der Waals surface area contributed by atoms with Crippen LogP contribution in [0.5, 0.6) is 0 Å². The Balaban J connectivity index is 2.34. The van der Waals surface area contributed by atoms with Crippen LogP contribution in [0.25, 0.3) is 0 Å². The van der Waals surface area contributed by atoms with Crippen LogP contribution in [0.2, 0.25) is 0 Å². The Morgan fingerprint density at radius 2 is 2.05 bits per heavy atom. The van der Waals surface area contributed by atoms with Crippen LogP contribution in [0.4, 0.5) is 11.4 Å². The van der Waals surface area contributed by atoms with E-state index in [-0.39, 0.29) is 10.7 Å². The molecule has 0 fully saturated rings. The number of anilines is 2. The highest BCUT2D eigenvalue weighted by Crippen LogP contribution is 2.22. The van der Waals surface area contributed by atoms with Gasteiger partial charge < -0.3 is 5.73 Å². The molecular weight excluding hydrogens is 282 g/mol. The molecule has 0 unspecified atom stereocenters. The van der Waals surface area contributed by atoms with Gasteiger partial charge in [-0.15, -0.1) is 11.8 Å². The monoisotopic (exact) mass is 295 g/mol. The third-order valence-electron chi connectivity index (χ3n) is 2.38. The summed E-state index contributed by atoms with van der Waals surface area (Å²) in [5.41, 5.74) is 6.24. The maximum Gasteiger partial charge on any atom is 0.281 e. The summed E-state index contributed by atoms with van der Waals surface area (Å²) < 4.78 is 26.8. The van der Waals surface area contributed by atoms with Crippen LogP contribution >= 0.6 is 11.8 Å². The average Bonchev–Trinajstić information content (AvgIpc) is 2.38. The lowest BCUT2D eigenvalue weighted by Crippen LogP contribution is -2.16. The number of nitrogen functional groups attached to an aromatic ring is 1. The standard InChI is InChI=1S/C12H13N3O2S2/c1-18-10-5-2-4-9(8-10)15-19(16,17)12-11(13)6-3-7-14-12/h2-8,15H,13H2,1H3. The summed E-state index contributed by atoms with van der Waals surface area (Å²) in [6, 6.07) is 10.2. The summed E-state index contributed by atoms with van der Waals surface area (Å²) in [7, 11) is -3.76. The molecule has 0 saturated heterocycles. The van der Waals surface area contributed by atoms with Gasteiger partial charge in [-0.1, -0.05) is 6.07 Å². The molecule has 1 heterocycles. The SMILES string of the molecule is CSc1cccc(NS(=O)(=O)c2ncccc2N)c1. The van der Waals surface area contributed by atoms with E-state index in [1.807, 2.05) is 12.3 Å². The van der Waals surface area contributed by atoms with E-state index in [9.17, 15) is 8.42 Å². The summed E-state index contributed by atoms with van der Waals surface area (Å²) in [5.74, 6) is 0. The van der Waals surface area contributed by atoms with Crippen molar-refractivity contribution in [2.45, 2.75) is 9.92 Å². The molecule has 0 aliphatic carbocycles. The third kappa shape index (κ3) is 3.18. The van der Waals surface area contributed by atoms with Gasteiger partial charge in [0.05, 0.1) is 5.69 Å². The molecule has 0 radical (unpaired) electrons. The number of nitrogens with two attached hydrogens (primary N) is 1. The Labute approximate surface area is 116 Å². The Kier molecular flexibility index (Phi) is 3.96. The Hall–Kier alpha value is -1.73. The molecule has 19 heavy (non-hydrogen) atoms. The number of benzene rings is 1. The molecule has 100 valence electrons. The number of hydrogen-bond donors (Lipinski definition) is 2. The Bertz CT molecular complexity index is 687. The van der Waals surface area contributed by atoms with Crippen molar-refractivity contribution in [1.82, 2.24) is 4.98 Å². The highest BCUT2D eigenvalue weighted by atomic mass is 32.2. The predicted molar refractivity (Wildman–Crippen MR) is 77.7 cm³/mol. The van der Waals surface area contributed by atoms with Crippen molar-refractivity contribution in [2.75, 3.05) is 16.7 Å². The van der Waals surface area contributed by atoms with Gasteiger partial charge in [-0.25, -0.2) is 4.98 Å². The molecule has 1 aromatic carbocycles. The lowest BCUT2D eigenvalue weighted by atomic mass is 10.3. The molecule has 2 rings (SSSR count). The van der Waals surface area contributed by atoms with Crippen LogP contribution in [0.15, 0.2) is 52.5 Å². The van der Waals surface area contributed by atoms with E-state index in [4.69, 9.17) is 5.73 Å². The fourth-order valence-corrected chi connectivity index (χ4v) is 3.09. The maximum atomic E-state index is 12.2. The first-order valence-electron chi connectivity index (χ1n) is 5.40. The molecule has 0 aliphatic rings. The van der Waals surface area contributed by atoms with Crippen LogP contribution < -0.4 is 10.5 Å². The summed E-state index contributed by atoms with van der Waals surface area (Å²) in [6.07, 6.45) is 3.31. The summed E-state index contributed by atoms with van der Waals surface area (Å²) in [5, 5.41) is -0.162. The predicted octanol–water partition coefficient (Wildman–Crippen LogP) is 2.19. The second-order valence-corrected chi connectivity index (χ2v) is 6.21. The summed E-state index contributed by atoms with van der Waals surface area (Å²) in [4.78, 5) is 4.77. The summed E-state index contributed by atoms with van der Waals surface area (Å²) >= 11 is 1.53. The van der Waals surface area contributed by atoms with Gasteiger partial charge in [0.15, 0.2) is 5.03 Å². The van der Waals surface area contributed by atoms with E-state index in [1.54, 1.807) is 24.3 Å². The number of sulfonamides is 1. The molecule has 0 saturated carbocycles. The average molecular weight is 295 g/mol. The Morgan fingerprint density at radius 1 is 1.26 bits per heavy atom. The lowest BCUT2D eigenvalue weighted by Gasteiger charge is -2.09. The highest BCUT2D eigenvalue weighted by Gasteiger charge is 2.18. The normalized spacial score (nSPS) is 11.2. The maximum absolute atomic E-state index is 12.2. The van der Waals surface area contributed by atoms with Gasteiger partial charge >= 0.3 is 0 Å². The van der Waals surface area contributed by atoms with Gasteiger partial charge in [0.25, 0.3) is 10.0 Å². The van der Waals surface area contributed by atoms with E-state index in [2.05, 4.69) is 9.71 Å². The number of pyridine rings is 1. The first kappa shape index (κ1) is 13.7. The highest BCUT2D eigenvalue weighted by molar-refractivity contribution is 7.98. The zero-order chi connectivity index (χ0) is 13.9. The fourth-order valence-electron chi connectivity index (χ4n) is 1.52. The zero-order valence-electron chi connectivity index (χ0n) is 10.2. The topological polar surface area (TPSA) is 85.1 Å². The number of nitrogens with zero attached hydrogens (tertiary/aromatic N) is 1. The number of thioether (sulfide) groups is 1. The van der Waals surface area contributed by atoms with Crippen LogP contribution in [0.3, 0.4) is 0 Å². The molecule has 5 nitrogen and oxygen atoms in total. The minimum atomic E-state index is -3.76.